The summed E-state index contributed by atoms with van der Waals surface area (Å²) in [6.07, 6.45) is 0.0966. The summed E-state index contributed by atoms with van der Waals surface area (Å²) in [5, 5.41) is 0.471. The van der Waals surface area contributed by atoms with Crippen molar-refractivity contribution in [2.45, 2.75) is 6.42 Å². The van der Waals surface area contributed by atoms with Crippen LogP contribution in [0.1, 0.15) is 5.56 Å². The number of alkyl halides is 2. The van der Waals surface area contributed by atoms with Gasteiger partial charge in [0.15, 0.2) is 5.78 Å². The van der Waals surface area contributed by atoms with Gasteiger partial charge in [0, 0.05) is 17.0 Å². The maximum absolute atomic E-state index is 12.0. The molecule has 0 aliphatic heterocycles. The minimum Gasteiger partial charge on any atom is -0.463 e. The van der Waals surface area contributed by atoms with Crippen LogP contribution in [-0.2, 0) is 11.2 Å². The van der Waals surface area contributed by atoms with Gasteiger partial charge in [0.25, 0.3) is 0 Å². The van der Waals surface area contributed by atoms with Crippen molar-refractivity contribution >= 4 is 29.0 Å². The molecule has 0 fully saturated rings. The van der Waals surface area contributed by atoms with Gasteiger partial charge in [0.05, 0.1) is 5.88 Å². The first-order chi connectivity index (χ1) is 7.17. The molecule has 0 bridgehead atoms. The van der Waals surface area contributed by atoms with Crippen LogP contribution < -0.4 is 4.74 Å². The Morgan fingerprint density at radius 2 is 2.20 bits per heavy atom. The molecule has 0 radical (unpaired) electrons. The molecule has 5 heteroatoms. The Morgan fingerprint density at radius 1 is 1.47 bits per heavy atom. The van der Waals surface area contributed by atoms with Crippen LogP contribution in [0.3, 0.4) is 0 Å². The highest BCUT2D eigenvalue weighted by Crippen LogP contribution is 2.23. The van der Waals surface area contributed by atoms with Crippen molar-refractivity contribution < 1.29 is 13.9 Å². The molecular formula is C10H9Cl2FO2. The van der Waals surface area contributed by atoms with Gasteiger partial charge in [0.1, 0.15) is 5.75 Å². The first-order valence-corrected chi connectivity index (χ1v) is 5.13. The molecule has 2 nitrogen and oxygen atoms in total. The van der Waals surface area contributed by atoms with Crippen molar-refractivity contribution in [3.8, 4) is 5.75 Å². The molecule has 1 aromatic rings. The van der Waals surface area contributed by atoms with E-state index < -0.39 is 6.86 Å². The zero-order valence-electron chi connectivity index (χ0n) is 7.80. The molecule has 0 unspecified atom stereocenters. The lowest BCUT2D eigenvalue weighted by Gasteiger charge is -2.08. The van der Waals surface area contributed by atoms with Crippen molar-refractivity contribution in [3.05, 3.63) is 28.8 Å². The molecule has 1 aromatic carbocycles. The van der Waals surface area contributed by atoms with Crippen LogP contribution in [0, 0.1) is 0 Å². The fourth-order valence-corrected chi connectivity index (χ4v) is 1.43. The number of hydrogen-bond donors (Lipinski definition) is 0. The van der Waals surface area contributed by atoms with Crippen LogP contribution in [0.4, 0.5) is 4.39 Å². The van der Waals surface area contributed by atoms with Gasteiger partial charge in [-0.15, -0.1) is 11.6 Å². The van der Waals surface area contributed by atoms with Gasteiger partial charge in [-0.25, -0.2) is 4.39 Å². The number of hydrogen-bond acceptors (Lipinski definition) is 2. The number of ketones is 1. The predicted octanol–water partition coefficient (Wildman–Crippen LogP) is 3.00. The summed E-state index contributed by atoms with van der Waals surface area (Å²) in [5.74, 6) is 0.0738. The van der Waals surface area contributed by atoms with E-state index in [-0.39, 0.29) is 18.1 Å². The summed E-state index contributed by atoms with van der Waals surface area (Å²) >= 11 is 11.1. The molecule has 0 heterocycles. The summed E-state index contributed by atoms with van der Waals surface area (Å²) in [7, 11) is 0. The van der Waals surface area contributed by atoms with E-state index in [1.165, 1.54) is 6.07 Å². The molecule has 0 spiro atoms. The van der Waals surface area contributed by atoms with Crippen LogP contribution in [-0.4, -0.2) is 18.5 Å². The van der Waals surface area contributed by atoms with Gasteiger partial charge < -0.3 is 4.74 Å². The molecule has 0 atom stereocenters. The van der Waals surface area contributed by atoms with Gasteiger partial charge in [0.2, 0.25) is 6.86 Å². The third-order valence-corrected chi connectivity index (χ3v) is 2.30. The van der Waals surface area contributed by atoms with Crippen molar-refractivity contribution in [1.29, 1.82) is 0 Å². The van der Waals surface area contributed by atoms with Crippen LogP contribution >= 0.6 is 23.2 Å². The predicted molar refractivity (Wildman–Crippen MR) is 57.5 cm³/mol. The highest BCUT2D eigenvalue weighted by atomic mass is 35.5. The Morgan fingerprint density at radius 3 is 2.80 bits per heavy atom. The first-order valence-electron chi connectivity index (χ1n) is 4.22. The van der Waals surface area contributed by atoms with Crippen molar-refractivity contribution in [2.24, 2.45) is 0 Å². The average molecular weight is 251 g/mol. The SMILES string of the molecule is O=C(CCl)Cc1cc(Cl)ccc1OCF. The van der Waals surface area contributed by atoms with E-state index in [1.54, 1.807) is 12.1 Å². The fourth-order valence-electron chi connectivity index (χ4n) is 1.15. The van der Waals surface area contributed by atoms with E-state index in [2.05, 4.69) is 0 Å². The van der Waals surface area contributed by atoms with E-state index in [1.807, 2.05) is 0 Å². The lowest BCUT2D eigenvalue weighted by Crippen LogP contribution is -2.06. The summed E-state index contributed by atoms with van der Waals surface area (Å²) in [6.45, 7) is -0.941. The second-order valence-corrected chi connectivity index (χ2v) is 3.56. The van der Waals surface area contributed by atoms with Gasteiger partial charge in [-0.3, -0.25) is 4.79 Å². The van der Waals surface area contributed by atoms with Gasteiger partial charge >= 0.3 is 0 Å². The van der Waals surface area contributed by atoms with Crippen molar-refractivity contribution in [1.82, 2.24) is 0 Å². The molecule has 0 N–H and O–H groups in total. The second kappa shape index (κ2) is 5.93. The lowest BCUT2D eigenvalue weighted by atomic mass is 10.1. The lowest BCUT2D eigenvalue weighted by molar-refractivity contribution is -0.116. The van der Waals surface area contributed by atoms with E-state index in [9.17, 15) is 9.18 Å². The highest BCUT2D eigenvalue weighted by molar-refractivity contribution is 6.30. The maximum atomic E-state index is 12.0. The van der Waals surface area contributed by atoms with E-state index in [0.717, 1.165) is 0 Å². The van der Waals surface area contributed by atoms with Crippen LogP contribution in [0.2, 0.25) is 5.02 Å². The number of halogens is 3. The molecular weight excluding hydrogens is 242 g/mol. The van der Waals surface area contributed by atoms with Crippen LogP contribution in [0.15, 0.2) is 18.2 Å². The summed E-state index contributed by atoms with van der Waals surface area (Å²) < 4.78 is 16.7. The Kier molecular flexibility index (Phi) is 4.85. The Labute approximate surface area is 96.9 Å². The van der Waals surface area contributed by atoms with E-state index in [4.69, 9.17) is 27.9 Å². The Balaban J connectivity index is 2.91. The van der Waals surface area contributed by atoms with Crippen molar-refractivity contribution in [2.75, 3.05) is 12.7 Å². The average Bonchev–Trinajstić information content (AvgIpc) is 2.22. The molecule has 0 aliphatic carbocycles. The maximum Gasteiger partial charge on any atom is 0.228 e. The molecule has 0 saturated carbocycles. The number of benzene rings is 1. The summed E-state index contributed by atoms with van der Waals surface area (Å²) in [5.41, 5.74) is 0.547. The summed E-state index contributed by atoms with van der Waals surface area (Å²) in [4.78, 5) is 11.1. The largest absolute Gasteiger partial charge is 0.463 e. The monoisotopic (exact) mass is 250 g/mol. The van der Waals surface area contributed by atoms with Crippen LogP contribution in [0.5, 0.6) is 5.75 Å². The zero-order chi connectivity index (χ0) is 11.3. The smallest absolute Gasteiger partial charge is 0.228 e. The number of carbonyl (C=O) groups is 1. The second-order valence-electron chi connectivity index (χ2n) is 2.85. The van der Waals surface area contributed by atoms with Gasteiger partial charge in [-0.1, -0.05) is 11.6 Å². The highest BCUT2D eigenvalue weighted by Gasteiger charge is 2.09. The van der Waals surface area contributed by atoms with Gasteiger partial charge in [-0.2, -0.15) is 0 Å². The topological polar surface area (TPSA) is 26.3 Å². The van der Waals surface area contributed by atoms with E-state index in [0.29, 0.717) is 16.3 Å². The number of carbonyl (C=O) groups excluding carboxylic acids is 1. The zero-order valence-corrected chi connectivity index (χ0v) is 9.32. The third kappa shape index (κ3) is 3.68. The minimum absolute atomic E-state index is 0.0818. The van der Waals surface area contributed by atoms with Gasteiger partial charge in [-0.05, 0) is 18.2 Å². The summed E-state index contributed by atoms with van der Waals surface area (Å²) in [6, 6.07) is 4.66. The molecule has 1 rings (SSSR count). The molecule has 0 aliphatic rings. The molecule has 82 valence electrons. The number of ether oxygens (including phenoxy) is 1. The number of Topliss-reactive ketones (excluding diaryl/α,β-unsaturated/α-hetero) is 1. The van der Waals surface area contributed by atoms with Crippen LogP contribution in [0.25, 0.3) is 0 Å². The molecule has 15 heavy (non-hydrogen) atoms. The molecule has 0 amide bonds. The Bertz CT molecular complexity index is 355. The number of rotatable bonds is 5. The minimum atomic E-state index is -0.941. The normalized spacial score (nSPS) is 10.1. The first kappa shape index (κ1) is 12.3. The van der Waals surface area contributed by atoms with E-state index >= 15 is 0 Å². The quantitative estimate of drug-likeness (QED) is 0.752. The standard InChI is InChI=1S/C10H9Cl2FO2/c11-5-9(14)4-7-3-8(12)1-2-10(7)15-6-13/h1-3H,4-6H2. The fraction of sp³-hybridized carbons (Fsp3) is 0.300. The Hall–Kier alpha value is -0.800. The third-order valence-electron chi connectivity index (χ3n) is 1.77. The van der Waals surface area contributed by atoms with Crippen molar-refractivity contribution in [3.63, 3.8) is 0 Å². The molecule has 0 saturated heterocycles. The molecule has 0 aromatic heterocycles.